The Bertz CT molecular complexity index is 1110. The molecule has 0 bridgehead atoms. The number of alkyl halides is 2. The van der Waals surface area contributed by atoms with Crippen molar-refractivity contribution >= 4 is 35.5 Å². The van der Waals surface area contributed by atoms with Crippen molar-refractivity contribution in [3.8, 4) is 0 Å². The largest absolute Gasteiger partial charge is 0.481 e. The number of carboxylic acids is 1. The number of amides is 1. The van der Waals surface area contributed by atoms with Gasteiger partial charge in [-0.3, -0.25) is 24.5 Å². The standard InChI is InChI=1S/C23H30F2N6O5S/c1-4-36-20(33)14-9-27-18(19-26-6-8-37-19)28-15(14)10-29-12-23(24,25)17-16(29)11-30(13-32)31(17)7-5-22(2,3)21(34)35/h6,8,13,16-17H,4-5,7,9-12H2,1-3H3,(H,27,28)(H,34,35). The lowest BCUT2D eigenvalue weighted by molar-refractivity contribution is -0.151. The summed E-state index contributed by atoms with van der Waals surface area (Å²) in [6.07, 6.45) is 2.20. The maximum Gasteiger partial charge on any atom is 0.337 e. The van der Waals surface area contributed by atoms with E-state index in [0.717, 1.165) is 0 Å². The molecule has 4 heterocycles. The molecule has 2 saturated heterocycles. The summed E-state index contributed by atoms with van der Waals surface area (Å²) in [5.74, 6) is -4.35. The number of esters is 1. The molecule has 4 rings (SSSR count). The number of nitrogens with one attached hydrogen (secondary N) is 1. The van der Waals surface area contributed by atoms with E-state index in [1.165, 1.54) is 35.2 Å². The summed E-state index contributed by atoms with van der Waals surface area (Å²) in [6.45, 7) is 4.30. The van der Waals surface area contributed by atoms with E-state index in [0.29, 0.717) is 23.0 Å². The summed E-state index contributed by atoms with van der Waals surface area (Å²) in [4.78, 5) is 46.1. The second kappa shape index (κ2) is 10.4. The zero-order valence-electron chi connectivity index (χ0n) is 20.8. The van der Waals surface area contributed by atoms with Gasteiger partial charge in [0.2, 0.25) is 6.41 Å². The van der Waals surface area contributed by atoms with Gasteiger partial charge in [0.1, 0.15) is 6.04 Å². The van der Waals surface area contributed by atoms with Crippen LogP contribution in [-0.4, -0.2) is 107 Å². The summed E-state index contributed by atoms with van der Waals surface area (Å²) < 4.78 is 36.0. The van der Waals surface area contributed by atoms with Crippen LogP contribution >= 0.6 is 11.3 Å². The van der Waals surface area contributed by atoms with Gasteiger partial charge in [0.15, 0.2) is 10.8 Å². The number of carboxylic acid groups (broad SMARTS) is 1. The van der Waals surface area contributed by atoms with E-state index < -0.39 is 41.9 Å². The van der Waals surface area contributed by atoms with Crippen molar-refractivity contribution in [3.63, 3.8) is 0 Å². The number of carbonyl (C=O) groups excluding carboxylic acids is 2. The molecular weight excluding hydrogens is 510 g/mol. The summed E-state index contributed by atoms with van der Waals surface area (Å²) >= 11 is 1.35. The number of halogens is 2. The average Bonchev–Trinajstić information content (AvgIpc) is 3.55. The highest BCUT2D eigenvalue weighted by Gasteiger charge is 2.62. The van der Waals surface area contributed by atoms with E-state index in [2.05, 4.69) is 15.3 Å². The molecule has 1 aromatic rings. The molecular formula is C23H30F2N6O5S. The normalized spacial score (nSPS) is 24.0. The van der Waals surface area contributed by atoms with Crippen LogP contribution in [0.3, 0.4) is 0 Å². The van der Waals surface area contributed by atoms with E-state index in [4.69, 9.17) is 4.74 Å². The van der Waals surface area contributed by atoms with E-state index in [1.54, 1.807) is 23.4 Å². The Kier molecular flexibility index (Phi) is 7.62. The number of nitrogens with zero attached hydrogens (tertiary/aromatic N) is 5. The maximum atomic E-state index is 15.4. The topological polar surface area (TPSA) is 128 Å². The molecule has 2 atom stereocenters. The summed E-state index contributed by atoms with van der Waals surface area (Å²) in [5, 5.41) is 17.4. The minimum Gasteiger partial charge on any atom is -0.481 e. The molecule has 0 aliphatic carbocycles. The molecule has 0 aromatic carbocycles. The fourth-order valence-corrected chi connectivity index (χ4v) is 5.41. The fraction of sp³-hybridized carbons (Fsp3) is 0.609. The average molecular weight is 541 g/mol. The third kappa shape index (κ3) is 5.36. The Morgan fingerprint density at radius 1 is 1.41 bits per heavy atom. The summed E-state index contributed by atoms with van der Waals surface area (Å²) in [5.41, 5.74) is -0.491. The maximum absolute atomic E-state index is 15.4. The number of hydrazine groups is 1. The number of hydrogen-bond acceptors (Lipinski definition) is 10. The number of amidine groups is 1. The van der Waals surface area contributed by atoms with Gasteiger partial charge in [0, 0.05) is 30.4 Å². The zero-order chi connectivity index (χ0) is 27.0. The molecule has 1 amide bonds. The first-order chi connectivity index (χ1) is 17.5. The highest BCUT2D eigenvalue weighted by Crippen LogP contribution is 2.42. The monoisotopic (exact) mass is 540 g/mol. The van der Waals surface area contributed by atoms with E-state index in [-0.39, 0.29) is 44.8 Å². The molecule has 0 saturated carbocycles. The predicted octanol–water partition coefficient (Wildman–Crippen LogP) is 1.19. The fourth-order valence-electron chi connectivity index (χ4n) is 4.81. The number of aliphatic imine (C=N–C) groups is 1. The first-order valence-electron chi connectivity index (χ1n) is 11.9. The number of aliphatic carboxylic acids is 1. The number of ether oxygens (including phenoxy) is 1. The van der Waals surface area contributed by atoms with Gasteiger partial charge in [-0.25, -0.2) is 23.6 Å². The first kappa shape index (κ1) is 27.1. The van der Waals surface area contributed by atoms with Crippen molar-refractivity contribution in [2.24, 2.45) is 10.4 Å². The molecule has 1 aromatic heterocycles. The van der Waals surface area contributed by atoms with Crippen LogP contribution < -0.4 is 5.32 Å². The second-order valence-corrected chi connectivity index (χ2v) is 10.7. The van der Waals surface area contributed by atoms with E-state index in [1.807, 2.05) is 0 Å². The van der Waals surface area contributed by atoms with Crippen LogP contribution in [0.1, 0.15) is 32.2 Å². The Morgan fingerprint density at radius 2 is 2.16 bits per heavy atom. The van der Waals surface area contributed by atoms with Gasteiger partial charge < -0.3 is 15.2 Å². The molecule has 11 nitrogen and oxygen atoms in total. The van der Waals surface area contributed by atoms with Crippen LogP contribution in [0.2, 0.25) is 0 Å². The second-order valence-electron chi connectivity index (χ2n) is 9.81. The lowest BCUT2D eigenvalue weighted by Gasteiger charge is -2.33. The molecule has 2 unspecified atom stereocenters. The third-order valence-corrected chi connectivity index (χ3v) is 7.70. The van der Waals surface area contributed by atoms with Gasteiger partial charge in [-0.1, -0.05) is 0 Å². The molecule has 0 radical (unpaired) electrons. The molecule has 2 N–H and O–H groups in total. The van der Waals surface area contributed by atoms with Crippen LogP contribution in [0.4, 0.5) is 8.78 Å². The zero-order valence-corrected chi connectivity index (χ0v) is 21.6. The number of rotatable bonds is 10. The van der Waals surface area contributed by atoms with E-state index in [9.17, 15) is 19.5 Å². The molecule has 3 aliphatic heterocycles. The van der Waals surface area contributed by atoms with Crippen molar-refractivity contribution in [1.29, 1.82) is 0 Å². The number of hydrogen-bond donors (Lipinski definition) is 2. The number of carbonyl (C=O) groups is 3. The Hall–Kier alpha value is -2.97. The van der Waals surface area contributed by atoms with Crippen LogP contribution in [-0.2, 0) is 19.1 Å². The van der Waals surface area contributed by atoms with Gasteiger partial charge >= 0.3 is 11.9 Å². The Labute approximate surface area is 216 Å². The highest BCUT2D eigenvalue weighted by molar-refractivity contribution is 7.11. The van der Waals surface area contributed by atoms with Gasteiger partial charge in [-0.15, -0.1) is 11.3 Å². The summed E-state index contributed by atoms with van der Waals surface area (Å²) in [7, 11) is 0. The minimum atomic E-state index is -3.18. The number of aromatic nitrogens is 1. The molecule has 37 heavy (non-hydrogen) atoms. The van der Waals surface area contributed by atoms with Gasteiger partial charge in [0.25, 0.3) is 5.92 Å². The first-order valence-corrected chi connectivity index (χ1v) is 12.8. The lowest BCUT2D eigenvalue weighted by atomic mass is 9.89. The Balaban J connectivity index is 1.58. The van der Waals surface area contributed by atoms with Gasteiger partial charge in [-0.05, 0) is 27.2 Å². The van der Waals surface area contributed by atoms with Crippen molar-refractivity contribution in [3.05, 3.63) is 27.9 Å². The SMILES string of the molecule is CCOC(=O)C1=C(CN2CC(F)(F)C3C2CN(C=O)N3CCC(C)(C)C(=O)O)NC(c2nccs2)=NC1. The number of fused-ring (bicyclic) bond motifs is 1. The van der Waals surface area contributed by atoms with Gasteiger partial charge in [-0.2, -0.15) is 0 Å². The van der Waals surface area contributed by atoms with E-state index >= 15 is 8.78 Å². The summed E-state index contributed by atoms with van der Waals surface area (Å²) in [6, 6.07) is -2.04. The van der Waals surface area contributed by atoms with Gasteiger partial charge in [0.05, 0.1) is 43.3 Å². The van der Waals surface area contributed by atoms with Crippen LogP contribution in [0, 0.1) is 5.41 Å². The predicted molar refractivity (Wildman–Crippen MR) is 130 cm³/mol. The molecule has 202 valence electrons. The molecule has 14 heteroatoms. The molecule has 3 aliphatic rings. The van der Waals surface area contributed by atoms with Crippen molar-refractivity contribution in [1.82, 2.24) is 25.2 Å². The molecule has 2 fully saturated rings. The highest BCUT2D eigenvalue weighted by atomic mass is 32.1. The van der Waals surface area contributed by atoms with Crippen molar-refractivity contribution < 1.29 is 33.0 Å². The van der Waals surface area contributed by atoms with Crippen molar-refractivity contribution in [2.75, 3.05) is 39.3 Å². The number of thiazole rings is 1. The molecule has 0 spiro atoms. The van der Waals surface area contributed by atoms with Crippen LogP contribution in [0.25, 0.3) is 0 Å². The minimum absolute atomic E-state index is 0.0154. The Morgan fingerprint density at radius 3 is 2.78 bits per heavy atom. The smallest absolute Gasteiger partial charge is 0.337 e. The lowest BCUT2D eigenvalue weighted by Crippen LogP contribution is -2.50. The van der Waals surface area contributed by atoms with Crippen LogP contribution in [0.15, 0.2) is 27.8 Å². The van der Waals surface area contributed by atoms with Crippen LogP contribution in [0.5, 0.6) is 0 Å². The third-order valence-electron chi connectivity index (χ3n) is 6.92. The quantitative estimate of drug-likeness (QED) is 0.332. The number of likely N-dealkylation sites (tertiary alicyclic amines) is 1. The van der Waals surface area contributed by atoms with Crippen molar-refractivity contribution in [2.45, 2.75) is 45.2 Å².